The Morgan fingerprint density at radius 2 is 1.94 bits per heavy atom. The van der Waals surface area contributed by atoms with Gasteiger partial charge in [-0.1, -0.05) is 0 Å². The summed E-state index contributed by atoms with van der Waals surface area (Å²) in [5.41, 5.74) is 3.88. The van der Waals surface area contributed by atoms with Crippen molar-refractivity contribution in [3.63, 3.8) is 0 Å². The number of rotatable bonds is 0. The number of fused-ring (bicyclic) bond motifs is 2. The summed E-state index contributed by atoms with van der Waals surface area (Å²) in [5.74, 6) is 0.541. The van der Waals surface area contributed by atoms with Crippen molar-refractivity contribution in [3.8, 4) is 0 Å². The van der Waals surface area contributed by atoms with Crippen LogP contribution in [-0.2, 0) is 12.8 Å². The van der Waals surface area contributed by atoms with Gasteiger partial charge in [0.15, 0.2) is 0 Å². The molecule has 2 heterocycles. The van der Waals surface area contributed by atoms with Crippen LogP contribution in [0.25, 0.3) is 5.78 Å². The quantitative estimate of drug-likeness (QED) is 0.689. The number of aromatic nitrogens is 3. The van der Waals surface area contributed by atoms with Crippen LogP contribution in [0.3, 0.4) is 0 Å². The molecule has 4 heteroatoms. The third-order valence-electron chi connectivity index (χ3n) is 3.53. The van der Waals surface area contributed by atoms with E-state index in [-0.39, 0.29) is 5.56 Å². The van der Waals surface area contributed by atoms with Crippen molar-refractivity contribution >= 4 is 5.78 Å². The van der Waals surface area contributed by atoms with Gasteiger partial charge in [0, 0.05) is 17.5 Å². The zero-order chi connectivity index (χ0) is 12.0. The Labute approximate surface area is 99.3 Å². The van der Waals surface area contributed by atoms with E-state index in [1.165, 1.54) is 0 Å². The van der Waals surface area contributed by atoms with Gasteiger partial charge in [-0.3, -0.25) is 9.20 Å². The normalized spacial score (nSPS) is 14.9. The SMILES string of the molecule is Cc1cn2c(=O)c3c(nc2nc1C)CCCC3. The minimum absolute atomic E-state index is 0.0697. The van der Waals surface area contributed by atoms with Gasteiger partial charge >= 0.3 is 0 Å². The molecule has 4 nitrogen and oxygen atoms in total. The number of hydrogen-bond acceptors (Lipinski definition) is 3. The fraction of sp³-hybridized carbons (Fsp3) is 0.462. The molecule has 0 unspecified atom stereocenters. The molecule has 88 valence electrons. The van der Waals surface area contributed by atoms with Crippen molar-refractivity contribution in [2.45, 2.75) is 39.5 Å². The Kier molecular flexibility index (Phi) is 2.24. The third-order valence-corrected chi connectivity index (χ3v) is 3.53. The molecule has 17 heavy (non-hydrogen) atoms. The van der Waals surface area contributed by atoms with E-state index in [4.69, 9.17) is 0 Å². The van der Waals surface area contributed by atoms with Gasteiger partial charge in [0.1, 0.15) is 0 Å². The van der Waals surface area contributed by atoms with Crippen LogP contribution in [0.15, 0.2) is 11.0 Å². The molecule has 0 fully saturated rings. The zero-order valence-electron chi connectivity index (χ0n) is 10.2. The summed E-state index contributed by atoms with van der Waals surface area (Å²) in [5, 5.41) is 0. The van der Waals surface area contributed by atoms with Gasteiger partial charge in [0.2, 0.25) is 5.78 Å². The molecule has 1 aliphatic carbocycles. The second kappa shape index (κ2) is 3.65. The average Bonchev–Trinajstić information content (AvgIpc) is 2.32. The highest BCUT2D eigenvalue weighted by molar-refractivity contribution is 5.37. The van der Waals surface area contributed by atoms with Crippen LogP contribution in [0.5, 0.6) is 0 Å². The Hall–Kier alpha value is -1.71. The first kappa shape index (κ1) is 10.4. The highest BCUT2D eigenvalue weighted by Crippen LogP contribution is 2.16. The Balaban J connectivity index is 2.40. The van der Waals surface area contributed by atoms with Crippen molar-refractivity contribution < 1.29 is 0 Å². The van der Waals surface area contributed by atoms with Gasteiger partial charge in [-0.25, -0.2) is 9.97 Å². The lowest BCUT2D eigenvalue weighted by Crippen LogP contribution is -2.25. The summed E-state index contributed by atoms with van der Waals surface area (Å²) in [4.78, 5) is 21.2. The van der Waals surface area contributed by atoms with Crippen LogP contribution in [0.4, 0.5) is 0 Å². The van der Waals surface area contributed by atoms with E-state index in [0.717, 1.165) is 48.2 Å². The van der Waals surface area contributed by atoms with E-state index >= 15 is 0 Å². The van der Waals surface area contributed by atoms with Crippen LogP contribution in [0.2, 0.25) is 0 Å². The Bertz CT molecular complexity index is 658. The Morgan fingerprint density at radius 1 is 1.18 bits per heavy atom. The molecule has 0 saturated carbocycles. The smallest absolute Gasteiger partial charge is 0.262 e. The minimum atomic E-state index is 0.0697. The molecule has 2 aromatic rings. The van der Waals surface area contributed by atoms with Gasteiger partial charge in [0.05, 0.1) is 5.69 Å². The molecule has 0 saturated heterocycles. The molecule has 0 bridgehead atoms. The molecule has 0 aliphatic heterocycles. The molecule has 0 aromatic carbocycles. The third kappa shape index (κ3) is 1.55. The molecule has 1 aliphatic rings. The fourth-order valence-electron chi connectivity index (χ4n) is 2.37. The molecule has 0 spiro atoms. The van der Waals surface area contributed by atoms with Crippen molar-refractivity contribution in [1.29, 1.82) is 0 Å². The Morgan fingerprint density at radius 3 is 2.76 bits per heavy atom. The van der Waals surface area contributed by atoms with Gasteiger partial charge in [0.25, 0.3) is 5.56 Å². The summed E-state index contributed by atoms with van der Waals surface area (Å²) >= 11 is 0. The largest absolute Gasteiger partial charge is 0.269 e. The number of hydrogen-bond donors (Lipinski definition) is 0. The van der Waals surface area contributed by atoms with Gasteiger partial charge < -0.3 is 0 Å². The first-order valence-electron chi connectivity index (χ1n) is 6.05. The minimum Gasteiger partial charge on any atom is -0.269 e. The van der Waals surface area contributed by atoms with Crippen LogP contribution in [-0.4, -0.2) is 14.4 Å². The van der Waals surface area contributed by atoms with Gasteiger partial charge in [-0.15, -0.1) is 0 Å². The summed E-state index contributed by atoms with van der Waals surface area (Å²) < 4.78 is 1.59. The summed E-state index contributed by atoms with van der Waals surface area (Å²) in [6, 6.07) is 0. The molecule has 0 amide bonds. The van der Waals surface area contributed by atoms with E-state index in [2.05, 4.69) is 9.97 Å². The maximum Gasteiger partial charge on any atom is 0.262 e. The number of nitrogens with zero attached hydrogens (tertiary/aromatic N) is 3. The van der Waals surface area contributed by atoms with Crippen LogP contribution < -0.4 is 5.56 Å². The zero-order valence-corrected chi connectivity index (χ0v) is 10.2. The molecule has 0 radical (unpaired) electrons. The van der Waals surface area contributed by atoms with Crippen LogP contribution >= 0.6 is 0 Å². The van der Waals surface area contributed by atoms with Crippen molar-refractivity contribution in [3.05, 3.63) is 39.1 Å². The van der Waals surface area contributed by atoms with Crippen molar-refractivity contribution in [2.24, 2.45) is 0 Å². The molecule has 3 rings (SSSR count). The highest BCUT2D eigenvalue weighted by Gasteiger charge is 2.17. The standard InChI is InChI=1S/C13H15N3O/c1-8-7-16-12(17)10-5-3-4-6-11(10)15-13(16)14-9(8)2/h7H,3-6H2,1-2H3. The van der Waals surface area contributed by atoms with E-state index in [9.17, 15) is 4.79 Å². The second-order valence-electron chi connectivity index (χ2n) is 4.73. The topological polar surface area (TPSA) is 47.3 Å². The molecule has 2 aromatic heterocycles. The lowest BCUT2D eigenvalue weighted by atomic mass is 9.97. The maximum absolute atomic E-state index is 12.3. The van der Waals surface area contributed by atoms with Crippen molar-refractivity contribution in [2.75, 3.05) is 0 Å². The van der Waals surface area contributed by atoms with Gasteiger partial charge in [-0.05, 0) is 45.1 Å². The van der Waals surface area contributed by atoms with E-state index in [0.29, 0.717) is 5.78 Å². The summed E-state index contributed by atoms with van der Waals surface area (Å²) in [6.45, 7) is 3.91. The van der Waals surface area contributed by atoms with Gasteiger partial charge in [-0.2, -0.15) is 0 Å². The van der Waals surface area contributed by atoms with Crippen molar-refractivity contribution in [1.82, 2.24) is 14.4 Å². The van der Waals surface area contributed by atoms with E-state index in [1.54, 1.807) is 4.40 Å². The van der Waals surface area contributed by atoms with E-state index in [1.807, 2.05) is 20.0 Å². The lowest BCUT2D eigenvalue weighted by Gasteiger charge is -2.15. The summed E-state index contributed by atoms with van der Waals surface area (Å²) in [7, 11) is 0. The maximum atomic E-state index is 12.3. The first-order chi connectivity index (χ1) is 8.16. The lowest BCUT2D eigenvalue weighted by molar-refractivity contribution is 0.654. The van der Waals surface area contributed by atoms with Crippen LogP contribution in [0.1, 0.15) is 35.4 Å². The molecule has 0 atom stereocenters. The van der Waals surface area contributed by atoms with E-state index < -0.39 is 0 Å². The molecular weight excluding hydrogens is 214 g/mol. The summed E-state index contributed by atoms with van der Waals surface area (Å²) in [6.07, 6.45) is 5.84. The van der Waals surface area contributed by atoms with Crippen LogP contribution in [0, 0.1) is 13.8 Å². The second-order valence-corrected chi connectivity index (χ2v) is 4.73. The number of aryl methyl sites for hydroxylation is 3. The predicted octanol–water partition coefficient (Wildman–Crippen LogP) is 1.59. The highest BCUT2D eigenvalue weighted by atomic mass is 16.1. The molecular formula is C13H15N3O. The monoisotopic (exact) mass is 229 g/mol. The first-order valence-corrected chi connectivity index (χ1v) is 6.05. The predicted molar refractivity (Wildman–Crippen MR) is 65.4 cm³/mol. The fourth-order valence-corrected chi connectivity index (χ4v) is 2.37. The average molecular weight is 229 g/mol. The molecule has 0 N–H and O–H groups in total.